The van der Waals surface area contributed by atoms with Gasteiger partial charge in [0.05, 0.1) is 18.8 Å². The van der Waals surface area contributed by atoms with Gasteiger partial charge in [-0.05, 0) is 35.9 Å². The largest absolute Gasteiger partial charge is 0.392 e. The van der Waals surface area contributed by atoms with Crippen LogP contribution in [0.3, 0.4) is 0 Å². The van der Waals surface area contributed by atoms with Gasteiger partial charge in [0, 0.05) is 49.9 Å². The number of halogens is 3. The predicted octanol–water partition coefficient (Wildman–Crippen LogP) is 5.28. The molecule has 0 radical (unpaired) electrons. The molecule has 1 saturated heterocycles. The summed E-state index contributed by atoms with van der Waals surface area (Å²) in [7, 11) is 2.09. The fourth-order valence-electron chi connectivity index (χ4n) is 4.40. The molecule has 39 heavy (non-hydrogen) atoms. The first-order valence-electron chi connectivity index (χ1n) is 12.7. The van der Waals surface area contributed by atoms with Crippen LogP contribution in [0.2, 0.25) is 0 Å². The van der Waals surface area contributed by atoms with Crippen LogP contribution in [0.1, 0.15) is 46.8 Å². The lowest BCUT2D eigenvalue weighted by Gasteiger charge is -2.38. The summed E-state index contributed by atoms with van der Waals surface area (Å²) in [6.45, 7) is 1.81. The minimum absolute atomic E-state index is 0.00427. The summed E-state index contributed by atoms with van der Waals surface area (Å²) in [4.78, 5) is 18.5. The van der Waals surface area contributed by atoms with Crippen molar-refractivity contribution in [1.29, 1.82) is 0 Å². The fourth-order valence-corrected chi connectivity index (χ4v) is 4.60. The number of benzene rings is 2. The number of nitrogens with zero attached hydrogens (tertiary/aromatic N) is 2. The van der Waals surface area contributed by atoms with E-state index in [1.807, 2.05) is 72.9 Å². The first kappa shape index (κ1) is 29.7. The number of likely N-dealkylation sites (N-methyl/N-ethyl adjacent to an activating group) is 1. The number of amides is 1. The van der Waals surface area contributed by atoms with Gasteiger partial charge in [-0.3, -0.25) is 9.78 Å². The number of ether oxygens (including phenoxy) is 2. The number of hydrogen-bond acceptors (Lipinski definition) is 6. The molecule has 2 N–H and O–H groups in total. The van der Waals surface area contributed by atoms with Crippen molar-refractivity contribution in [3.63, 3.8) is 0 Å². The maximum absolute atomic E-state index is 11.8. The zero-order valence-electron chi connectivity index (χ0n) is 21.6. The Labute approximate surface area is 244 Å². The van der Waals surface area contributed by atoms with Crippen LogP contribution in [0, 0.1) is 0 Å². The van der Waals surface area contributed by atoms with Crippen molar-refractivity contribution in [2.24, 2.45) is 0 Å². The highest BCUT2D eigenvalue weighted by Crippen LogP contribution is 2.38. The van der Waals surface area contributed by atoms with Crippen LogP contribution in [0.15, 0.2) is 72.9 Å². The van der Waals surface area contributed by atoms with Crippen LogP contribution in [0.4, 0.5) is 0 Å². The van der Waals surface area contributed by atoms with E-state index in [2.05, 4.69) is 22.2 Å². The van der Waals surface area contributed by atoms with E-state index in [9.17, 15) is 9.90 Å². The lowest BCUT2D eigenvalue weighted by Crippen LogP contribution is -2.38. The molecule has 1 aliphatic heterocycles. The summed E-state index contributed by atoms with van der Waals surface area (Å²) in [5.41, 5.74) is 4.66. The maximum Gasteiger partial charge on any atom is 0.272 e. The van der Waals surface area contributed by atoms with Crippen LogP contribution in [0.5, 0.6) is 0 Å². The van der Waals surface area contributed by atoms with Gasteiger partial charge in [0.15, 0.2) is 6.29 Å². The van der Waals surface area contributed by atoms with Crippen molar-refractivity contribution >= 4 is 40.7 Å². The molecule has 1 aromatic heterocycles. The highest BCUT2D eigenvalue weighted by atomic mass is 35.6. The summed E-state index contributed by atoms with van der Waals surface area (Å²) in [5, 5.41) is 12.0. The Hall–Kier alpha value is -2.23. The highest BCUT2D eigenvalue weighted by molar-refractivity contribution is 6.76. The third-order valence-corrected chi connectivity index (χ3v) is 7.08. The summed E-state index contributed by atoms with van der Waals surface area (Å²) in [5.74, 6) is -0.680. The molecule has 1 fully saturated rings. The number of aliphatic hydroxyl groups is 1. The van der Waals surface area contributed by atoms with Crippen LogP contribution < -0.4 is 5.32 Å². The van der Waals surface area contributed by atoms with Gasteiger partial charge in [-0.2, -0.15) is 0 Å². The van der Waals surface area contributed by atoms with Gasteiger partial charge >= 0.3 is 0 Å². The number of aliphatic hydroxyl groups excluding tert-OH is 1. The van der Waals surface area contributed by atoms with Gasteiger partial charge in [0.25, 0.3) is 9.70 Å². The summed E-state index contributed by atoms with van der Waals surface area (Å²) < 4.78 is 10.8. The van der Waals surface area contributed by atoms with E-state index in [0.717, 1.165) is 47.5 Å². The number of nitrogens with one attached hydrogen (secondary N) is 1. The Balaban J connectivity index is 1.44. The molecule has 0 aliphatic carbocycles. The van der Waals surface area contributed by atoms with Crippen molar-refractivity contribution in [1.82, 2.24) is 15.2 Å². The zero-order valence-corrected chi connectivity index (χ0v) is 23.9. The molecular formula is C29H32Cl3N3O4. The Kier molecular flexibility index (Phi) is 10.6. The first-order chi connectivity index (χ1) is 18.7. The normalized spacial score (nSPS) is 19.7. The Morgan fingerprint density at radius 2 is 1.72 bits per heavy atom. The van der Waals surface area contributed by atoms with Gasteiger partial charge < -0.3 is 24.8 Å². The van der Waals surface area contributed by atoms with Crippen molar-refractivity contribution in [3.05, 3.63) is 101 Å². The van der Waals surface area contributed by atoms with E-state index < -0.39 is 16.0 Å². The summed E-state index contributed by atoms with van der Waals surface area (Å²) in [6.07, 6.45) is 2.56. The van der Waals surface area contributed by atoms with Crippen LogP contribution >= 0.6 is 34.8 Å². The number of pyridine rings is 1. The summed E-state index contributed by atoms with van der Waals surface area (Å²) in [6, 6.07) is 21.4. The van der Waals surface area contributed by atoms with E-state index in [1.54, 1.807) is 0 Å². The molecule has 7 nitrogen and oxygen atoms in total. The lowest BCUT2D eigenvalue weighted by atomic mass is 9.99. The van der Waals surface area contributed by atoms with Crippen molar-refractivity contribution in [2.75, 3.05) is 20.1 Å². The average molecular weight is 593 g/mol. The van der Waals surface area contributed by atoms with Crippen molar-refractivity contribution in [3.8, 4) is 0 Å². The van der Waals surface area contributed by atoms with Crippen LogP contribution in [-0.2, 0) is 33.8 Å². The van der Waals surface area contributed by atoms with Crippen LogP contribution in [0.25, 0.3) is 0 Å². The molecule has 0 saturated carbocycles. The minimum Gasteiger partial charge on any atom is -0.392 e. The Morgan fingerprint density at radius 1 is 1.03 bits per heavy atom. The third-order valence-electron chi connectivity index (χ3n) is 6.57. The lowest BCUT2D eigenvalue weighted by molar-refractivity contribution is -0.252. The first-order valence-corrected chi connectivity index (χ1v) is 13.9. The molecule has 3 aromatic rings. The minimum atomic E-state index is -2.01. The van der Waals surface area contributed by atoms with Crippen LogP contribution in [-0.4, -0.2) is 50.9 Å². The number of rotatable bonds is 10. The van der Waals surface area contributed by atoms with E-state index in [-0.39, 0.29) is 25.4 Å². The molecule has 10 heteroatoms. The molecule has 0 bridgehead atoms. The molecule has 0 unspecified atom stereocenters. The molecule has 1 amide bonds. The molecule has 3 atom stereocenters. The Morgan fingerprint density at radius 3 is 2.36 bits per heavy atom. The molecule has 2 aromatic carbocycles. The molecular weight excluding hydrogens is 561 g/mol. The van der Waals surface area contributed by atoms with Gasteiger partial charge in [-0.1, -0.05) is 89.4 Å². The second kappa shape index (κ2) is 13.9. The van der Waals surface area contributed by atoms with Gasteiger partial charge in [-0.25, -0.2) is 0 Å². The standard InChI is InChI=1S/C29H32Cl3N3O4/c1-35(15-13-24-4-2-3-14-33-24)18-25-16-26(22-9-7-21(19-36)8-10-22)39-27(38-25)23-11-5-20(6-12-23)17-34-28(37)29(30,31)32/h2-12,14,25-27,36H,13,15-19H2,1H3,(H,34,37)/t25-,26+,27+/m0/s1. The number of carbonyl (C=O) groups excluding carboxylic acids is 1. The topological polar surface area (TPSA) is 83.9 Å². The molecule has 0 spiro atoms. The number of aromatic nitrogens is 1. The monoisotopic (exact) mass is 591 g/mol. The van der Waals surface area contributed by atoms with Crippen molar-refractivity contribution < 1.29 is 19.4 Å². The van der Waals surface area contributed by atoms with Crippen molar-refractivity contribution in [2.45, 2.75) is 48.3 Å². The third kappa shape index (κ3) is 8.88. The quantitative estimate of drug-likeness (QED) is 0.312. The molecule has 1 aliphatic rings. The fraction of sp³-hybridized carbons (Fsp3) is 0.379. The van der Waals surface area contributed by atoms with E-state index in [0.29, 0.717) is 6.42 Å². The van der Waals surface area contributed by atoms with Gasteiger partial charge in [-0.15, -0.1) is 0 Å². The molecule has 208 valence electrons. The van der Waals surface area contributed by atoms with E-state index in [4.69, 9.17) is 44.3 Å². The van der Waals surface area contributed by atoms with E-state index >= 15 is 0 Å². The Bertz CT molecular complexity index is 1190. The molecule has 2 heterocycles. The highest BCUT2D eigenvalue weighted by Gasteiger charge is 2.33. The maximum atomic E-state index is 11.8. The second-order valence-corrected chi connectivity index (χ2v) is 11.9. The predicted molar refractivity (Wildman–Crippen MR) is 152 cm³/mol. The average Bonchev–Trinajstić information content (AvgIpc) is 2.95. The molecule has 4 rings (SSSR count). The number of hydrogen-bond donors (Lipinski definition) is 2. The van der Waals surface area contributed by atoms with E-state index in [1.165, 1.54) is 0 Å². The smallest absolute Gasteiger partial charge is 0.272 e. The summed E-state index contributed by atoms with van der Waals surface area (Å²) >= 11 is 16.9. The SMILES string of the molecule is CN(CCc1ccccn1)C[C@@H]1C[C@H](c2ccc(CO)cc2)O[C@H](c2ccc(CNC(=O)C(Cl)(Cl)Cl)cc2)O1. The second-order valence-electron chi connectivity index (χ2n) is 9.61. The number of alkyl halides is 3. The number of carbonyl (C=O) groups is 1. The zero-order chi connectivity index (χ0) is 27.8. The van der Waals surface area contributed by atoms with Gasteiger partial charge in [0.2, 0.25) is 0 Å². The van der Waals surface area contributed by atoms with Gasteiger partial charge in [0.1, 0.15) is 0 Å².